The Morgan fingerprint density at radius 1 is 0.473 bits per heavy atom. The minimum Gasteiger partial charge on any atom is -0.459 e. The van der Waals surface area contributed by atoms with Gasteiger partial charge in [-0.3, -0.25) is 9.59 Å². The van der Waals surface area contributed by atoms with Crippen LogP contribution in [0.4, 0.5) is 0 Å². The van der Waals surface area contributed by atoms with Crippen molar-refractivity contribution < 1.29 is 19.1 Å². The molecule has 1 rings (SSSR count). The summed E-state index contributed by atoms with van der Waals surface area (Å²) in [7, 11) is 0. The highest BCUT2D eigenvalue weighted by atomic mass is 16.5. The molecule has 0 unspecified atom stereocenters. The van der Waals surface area contributed by atoms with Crippen molar-refractivity contribution in [1.82, 2.24) is 10.6 Å². The van der Waals surface area contributed by atoms with Gasteiger partial charge in [0.2, 0.25) is 11.8 Å². The van der Waals surface area contributed by atoms with Crippen LogP contribution in [0.2, 0.25) is 0 Å². The topological polar surface area (TPSA) is 84.5 Å². The largest absolute Gasteiger partial charge is 0.459 e. The fourth-order valence-electron chi connectivity index (χ4n) is 7.45. The molecule has 2 amide bonds. The molecule has 0 fully saturated rings. The van der Waals surface area contributed by atoms with Crippen molar-refractivity contribution in [2.24, 2.45) is 0 Å². The highest BCUT2D eigenvalue weighted by Gasteiger charge is 2.22. The number of benzene rings is 1. The quantitative estimate of drug-likeness (QED) is 0.0513. The molecule has 1 aromatic carbocycles. The molecule has 0 saturated carbocycles. The average molecular weight is 769 g/mol. The fourth-order valence-corrected chi connectivity index (χ4v) is 7.45. The minimum absolute atomic E-state index is 0.0758. The van der Waals surface area contributed by atoms with Crippen LogP contribution >= 0.6 is 0 Å². The molecule has 6 nitrogen and oxygen atoms in total. The standard InChI is InChI=1S/C49H88N2O4/c1-3-5-7-9-11-13-15-17-19-21-23-25-27-29-34-41-47(52)50-43-37-36-40-46(49(54)55-44-45-38-32-31-33-39-45)51-48(53)42-35-30-28-26-24-22-20-18-16-14-12-10-8-6-4-2/h31-33,38-39,46H,3-30,34-37,40-44H2,1-2H3,(H,50,52)(H,51,53)/t46-/m0/s1. The Morgan fingerprint density at radius 3 is 1.27 bits per heavy atom. The number of amides is 2. The van der Waals surface area contributed by atoms with Gasteiger partial charge >= 0.3 is 5.97 Å². The second kappa shape index (κ2) is 39.8. The highest BCUT2D eigenvalue weighted by molar-refractivity contribution is 5.84. The van der Waals surface area contributed by atoms with Crippen molar-refractivity contribution in [3.05, 3.63) is 35.9 Å². The molecule has 0 heterocycles. The Balaban J connectivity index is 2.15. The maximum absolute atomic E-state index is 13.1. The summed E-state index contributed by atoms with van der Waals surface area (Å²) in [6.45, 7) is 5.34. The van der Waals surface area contributed by atoms with Gasteiger partial charge in [-0.15, -0.1) is 0 Å². The summed E-state index contributed by atoms with van der Waals surface area (Å²) in [6, 6.07) is 8.98. The van der Waals surface area contributed by atoms with Gasteiger partial charge in [0.05, 0.1) is 0 Å². The Bertz CT molecular complexity index is 1000. The molecule has 318 valence electrons. The van der Waals surface area contributed by atoms with Crippen molar-refractivity contribution in [1.29, 1.82) is 0 Å². The predicted octanol–water partition coefficient (Wildman–Crippen LogP) is 14.0. The molecule has 0 aliphatic carbocycles. The van der Waals surface area contributed by atoms with Crippen molar-refractivity contribution in [2.75, 3.05) is 6.54 Å². The van der Waals surface area contributed by atoms with Crippen LogP contribution in [-0.2, 0) is 25.7 Å². The van der Waals surface area contributed by atoms with E-state index in [1.165, 1.54) is 167 Å². The van der Waals surface area contributed by atoms with Crippen molar-refractivity contribution in [3.8, 4) is 0 Å². The molecule has 2 N–H and O–H groups in total. The first kappa shape index (κ1) is 50.6. The molecule has 55 heavy (non-hydrogen) atoms. The van der Waals surface area contributed by atoms with Gasteiger partial charge < -0.3 is 15.4 Å². The second-order valence-corrected chi connectivity index (χ2v) is 16.5. The van der Waals surface area contributed by atoms with E-state index in [9.17, 15) is 14.4 Å². The first-order chi connectivity index (χ1) is 27.1. The molecule has 0 aromatic heterocycles. The van der Waals surface area contributed by atoms with Gasteiger partial charge in [-0.05, 0) is 37.7 Å². The summed E-state index contributed by atoms with van der Waals surface area (Å²) >= 11 is 0. The van der Waals surface area contributed by atoms with E-state index in [1.54, 1.807) is 0 Å². The van der Waals surface area contributed by atoms with Crippen LogP contribution < -0.4 is 10.6 Å². The van der Waals surface area contributed by atoms with Crippen LogP contribution in [0.15, 0.2) is 30.3 Å². The number of hydrogen-bond acceptors (Lipinski definition) is 4. The van der Waals surface area contributed by atoms with Crippen LogP contribution in [0.1, 0.15) is 244 Å². The van der Waals surface area contributed by atoms with E-state index in [1.807, 2.05) is 30.3 Å². The van der Waals surface area contributed by atoms with Crippen LogP contribution in [0, 0.1) is 0 Å². The van der Waals surface area contributed by atoms with Gasteiger partial charge in [0.15, 0.2) is 0 Å². The maximum atomic E-state index is 13.1. The summed E-state index contributed by atoms with van der Waals surface area (Å²) in [5.41, 5.74) is 0.926. The van der Waals surface area contributed by atoms with Gasteiger partial charge in [-0.25, -0.2) is 4.79 Å². The first-order valence-electron chi connectivity index (χ1n) is 23.8. The molecule has 0 aliphatic rings. The number of unbranched alkanes of at least 4 members (excludes halogenated alkanes) is 29. The van der Waals surface area contributed by atoms with Crippen molar-refractivity contribution >= 4 is 17.8 Å². The summed E-state index contributed by atoms with van der Waals surface area (Å²) in [6.07, 6.45) is 42.2. The highest BCUT2D eigenvalue weighted by Crippen LogP contribution is 2.16. The molecule has 0 saturated heterocycles. The van der Waals surface area contributed by atoms with E-state index < -0.39 is 6.04 Å². The Labute approximate surface area is 340 Å². The van der Waals surface area contributed by atoms with E-state index in [0.717, 1.165) is 44.1 Å². The summed E-state index contributed by atoms with van der Waals surface area (Å²) in [4.78, 5) is 38.3. The number of ether oxygens (including phenoxy) is 1. The third-order valence-electron chi connectivity index (χ3n) is 11.1. The van der Waals surface area contributed by atoms with Gasteiger partial charge in [-0.2, -0.15) is 0 Å². The molecule has 1 atom stereocenters. The number of rotatable bonds is 41. The number of carbonyl (C=O) groups is 3. The Hall–Kier alpha value is -2.37. The lowest BCUT2D eigenvalue weighted by molar-refractivity contribution is -0.149. The molecule has 6 heteroatoms. The molecule has 0 aliphatic heterocycles. The zero-order valence-electron chi connectivity index (χ0n) is 36.3. The summed E-state index contributed by atoms with van der Waals surface area (Å²) in [5, 5.41) is 6.02. The molecular weight excluding hydrogens is 681 g/mol. The zero-order chi connectivity index (χ0) is 39.7. The molecule has 1 aromatic rings. The van der Waals surface area contributed by atoms with Gasteiger partial charge in [0.25, 0.3) is 0 Å². The van der Waals surface area contributed by atoms with Gasteiger partial charge in [0.1, 0.15) is 12.6 Å². The van der Waals surface area contributed by atoms with E-state index in [-0.39, 0.29) is 24.4 Å². The lowest BCUT2D eigenvalue weighted by Gasteiger charge is -2.18. The van der Waals surface area contributed by atoms with Crippen molar-refractivity contribution in [3.63, 3.8) is 0 Å². The number of hydrogen-bond donors (Lipinski definition) is 2. The minimum atomic E-state index is -0.663. The SMILES string of the molecule is CCCCCCCCCCCCCCCCCC(=O)NCCCC[C@H](NC(=O)CCCCCCCCCCCCCCCCC)C(=O)OCc1ccccc1. The summed E-state index contributed by atoms with van der Waals surface area (Å²) in [5.74, 6) is -0.343. The third kappa shape index (κ3) is 34.6. The van der Waals surface area contributed by atoms with Crippen LogP contribution in [-0.4, -0.2) is 30.4 Å². The maximum Gasteiger partial charge on any atom is 0.328 e. The Morgan fingerprint density at radius 2 is 0.855 bits per heavy atom. The van der Waals surface area contributed by atoms with E-state index in [2.05, 4.69) is 24.5 Å². The lowest BCUT2D eigenvalue weighted by atomic mass is 10.0. The predicted molar refractivity (Wildman–Crippen MR) is 234 cm³/mol. The zero-order valence-corrected chi connectivity index (χ0v) is 36.3. The normalized spacial score (nSPS) is 11.7. The van der Waals surface area contributed by atoms with E-state index in [4.69, 9.17) is 4.74 Å². The Kier molecular flexibility index (Phi) is 36.7. The van der Waals surface area contributed by atoms with Crippen LogP contribution in [0.25, 0.3) is 0 Å². The molecule has 0 spiro atoms. The third-order valence-corrected chi connectivity index (χ3v) is 11.1. The number of nitrogens with one attached hydrogen (secondary N) is 2. The second-order valence-electron chi connectivity index (χ2n) is 16.5. The number of esters is 1. The van der Waals surface area contributed by atoms with Crippen molar-refractivity contribution in [2.45, 2.75) is 251 Å². The fraction of sp³-hybridized carbons (Fsp3) is 0.816. The average Bonchev–Trinajstić information content (AvgIpc) is 3.19. The first-order valence-corrected chi connectivity index (χ1v) is 23.8. The van der Waals surface area contributed by atoms with E-state index in [0.29, 0.717) is 25.8 Å². The van der Waals surface area contributed by atoms with Crippen LogP contribution in [0.3, 0.4) is 0 Å². The van der Waals surface area contributed by atoms with Gasteiger partial charge in [0, 0.05) is 19.4 Å². The smallest absolute Gasteiger partial charge is 0.328 e. The monoisotopic (exact) mass is 769 g/mol. The molecular formula is C49H88N2O4. The lowest BCUT2D eigenvalue weighted by Crippen LogP contribution is -2.41. The molecule has 0 radical (unpaired) electrons. The number of carbonyl (C=O) groups excluding carboxylic acids is 3. The van der Waals surface area contributed by atoms with E-state index >= 15 is 0 Å². The van der Waals surface area contributed by atoms with Gasteiger partial charge in [-0.1, -0.05) is 224 Å². The molecule has 0 bridgehead atoms. The van der Waals surface area contributed by atoms with Crippen LogP contribution in [0.5, 0.6) is 0 Å². The summed E-state index contributed by atoms with van der Waals surface area (Å²) < 4.78 is 5.61.